The first-order valence-electron chi connectivity index (χ1n) is 5.69. The molecule has 82 valence electrons. The molecule has 0 saturated heterocycles. The summed E-state index contributed by atoms with van der Waals surface area (Å²) in [6.45, 7) is 6.82. The Bertz CT molecular complexity index is 348. The lowest BCUT2D eigenvalue weighted by atomic mass is 10.0. The van der Waals surface area contributed by atoms with Gasteiger partial charge in [0.25, 0.3) is 0 Å². The van der Waals surface area contributed by atoms with E-state index in [0.29, 0.717) is 5.92 Å². The van der Waals surface area contributed by atoms with Crippen molar-refractivity contribution in [1.82, 2.24) is 0 Å². The molecule has 2 nitrogen and oxygen atoms in total. The second-order valence-corrected chi connectivity index (χ2v) is 4.27. The number of nitrogens with zero attached hydrogens (tertiary/aromatic N) is 1. The van der Waals surface area contributed by atoms with Crippen molar-refractivity contribution in [3.63, 3.8) is 0 Å². The monoisotopic (exact) mass is 205 g/mol. The molecular formula is C13H19NO. The number of hydrogen-bond acceptors (Lipinski definition) is 2. The predicted octanol–water partition coefficient (Wildman–Crippen LogP) is 3.03. The lowest BCUT2D eigenvalue weighted by Crippen LogP contribution is -2.21. The number of rotatable bonds is 3. The van der Waals surface area contributed by atoms with Crippen LogP contribution in [0.4, 0.5) is 5.69 Å². The number of fused-ring (bicyclic) bond motifs is 1. The van der Waals surface area contributed by atoms with Crippen LogP contribution in [0.25, 0.3) is 0 Å². The molecule has 1 unspecified atom stereocenters. The highest BCUT2D eigenvalue weighted by Crippen LogP contribution is 2.38. The maximum atomic E-state index is 5.26. The van der Waals surface area contributed by atoms with Crippen molar-refractivity contribution in [3.8, 4) is 5.75 Å². The molecule has 0 N–H and O–H groups in total. The van der Waals surface area contributed by atoms with Gasteiger partial charge in [-0.1, -0.05) is 13.8 Å². The lowest BCUT2D eigenvalue weighted by Gasteiger charge is -2.18. The van der Waals surface area contributed by atoms with Gasteiger partial charge in [0.15, 0.2) is 0 Å². The molecule has 1 aliphatic heterocycles. The standard InChI is InChI=1S/C13H19NO/c1-4-7-14-9-10(2)12-8-11(15-3)5-6-13(12)14/h5-6,8,10H,4,7,9H2,1-3H3. The molecule has 2 heteroatoms. The third-order valence-corrected chi connectivity index (χ3v) is 3.09. The summed E-state index contributed by atoms with van der Waals surface area (Å²) in [6.07, 6.45) is 1.21. The van der Waals surface area contributed by atoms with Crippen LogP contribution in [0, 0.1) is 0 Å². The van der Waals surface area contributed by atoms with Gasteiger partial charge in [0, 0.05) is 24.7 Å². The average Bonchev–Trinajstić information content (AvgIpc) is 2.56. The van der Waals surface area contributed by atoms with E-state index in [4.69, 9.17) is 4.74 Å². The van der Waals surface area contributed by atoms with Gasteiger partial charge in [-0.25, -0.2) is 0 Å². The summed E-state index contributed by atoms with van der Waals surface area (Å²) < 4.78 is 5.26. The highest BCUT2D eigenvalue weighted by atomic mass is 16.5. The van der Waals surface area contributed by atoms with Crippen molar-refractivity contribution < 1.29 is 4.74 Å². The van der Waals surface area contributed by atoms with Crippen molar-refractivity contribution in [2.45, 2.75) is 26.2 Å². The Balaban J connectivity index is 2.32. The Morgan fingerprint density at radius 1 is 1.47 bits per heavy atom. The molecular weight excluding hydrogens is 186 g/mol. The van der Waals surface area contributed by atoms with Crippen molar-refractivity contribution in [2.75, 3.05) is 25.1 Å². The third-order valence-electron chi connectivity index (χ3n) is 3.09. The second-order valence-electron chi connectivity index (χ2n) is 4.27. The first-order chi connectivity index (χ1) is 7.26. The lowest BCUT2D eigenvalue weighted by molar-refractivity contribution is 0.414. The van der Waals surface area contributed by atoms with E-state index in [2.05, 4.69) is 36.9 Å². The molecule has 0 spiro atoms. The van der Waals surface area contributed by atoms with E-state index < -0.39 is 0 Å². The molecule has 0 bridgehead atoms. The number of methoxy groups -OCH3 is 1. The average molecular weight is 205 g/mol. The third kappa shape index (κ3) is 1.81. The van der Waals surface area contributed by atoms with Gasteiger partial charge in [0.05, 0.1) is 7.11 Å². The Labute approximate surface area is 91.9 Å². The smallest absolute Gasteiger partial charge is 0.119 e. The minimum Gasteiger partial charge on any atom is -0.497 e. The van der Waals surface area contributed by atoms with Gasteiger partial charge >= 0.3 is 0 Å². The molecule has 1 atom stereocenters. The molecule has 0 amide bonds. The van der Waals surface area contributed by atoms with Crippen molar-refractivity contribution in [3.05, 3.63) is 23.8 Å². The minimum atomic E-state index is 0.627. The SMILES string of the molecule is CCCN1CC(C)c2cc(OC)ccc21. The van der Waals surface area contributed by atoms with E-state index in [9.17, 15) is 0 Å². The molecule has 0 fully saturated rings. The second kappa shape index (κ2) is 4.13. The first kappa shape index (κ1) is 10.3. The normalized spacial score (nSPS) is 19.1. The molecule has 0 aliphatic carbocycles. The van der Waals surface area contributed by atoms with Gasteiger partial charge in [-0.15, -0.1) is 0 Å². The number of ether oxygens (including phenoxy) is 1. The summed E-state index contributed by atoms with van der Waals surface area (Å²) >= 11 is 0. The van der Waals surface area contributed by atoms with Crippen molar-refractivity contribution in [1.29, 1.82) is 0 Å². The molecule has 0 saturated carbocycles. The summed E-state index contributed by atoms with van der Waals surface area (Å²) in [5, 5.41) is 0. The highest BCUT2D eigenvalue weighted by molar-refractivity contribution is 5.62. The Hall–Kier alpha value is -1.18. The van der Waals surface area contributed by atoms with Crippen LogP contribution in [0.5, 0.6) is 5.75 Å². The van der Waals surface area contributed by atoms with Gasteiger partial charge in [-0.3, -0.25) is 0 Å². The van der Waals surface area contributed by atoms with Crippen LogP contribution in [0.3, 0.4) is 0 Å². The fourth-order valence-electron chi connectivity index (χ4n) is 2.35. The summed E-state index contributed by atoms with van der Waals surface area (Å²) in [6, 6.07) is 6.42. The molecule has 1 heterocycles. The maximum Gasteiger partial charge on any atom is 0.119 e. The Morgan fingerprint density at radius 3 is 2.93 bits per heavy atom. The Kier molecular flexibility index (Phi) is 2.85. The van der Waals surface area contributed by atoms with Gasteiger partial charge in [0.1, 0.15) is 5.75 Å². The fraction of sp³-hybridized carbons (Fsp3) is 0.538. The van der Waals surface area contributed by atoms with E-state index in [1.54, 1.807) is 7.11 Å². The number of anilines is 1. The summed E-state index contributed by atoms with van der Waals surface area (Å²) in [5.41, 5.74) is 2.83. The van der Waals surface area contributed by atoms with E-state index in [-0.39, 0.29) is 0 Å². The molecule has 0 radical (unpaired) electrons. The van der Waals surface area contributed by atoms with Crippen LogP contribution in [0.2, 0.25) is 0 Å². The largest absolute Gasteiger partial charge is 0.497 e. The molecule has 1 aromatic rings. The molecule has 1 aromatic carbocycles. The van der Waals surface area contributed by atoms with Gasteiger partial charge in [-0.05, 0) is 30.2 Å². The number of hydrogen-bond donors (Lipinski definition) is 0. The van der Waals surface area contributed by atoms with Crippen LogP contribution < -0.4 is 9.64 Å². The summed E-state index contributed by atoms with van der Waals surface area (Å²) in [4.78, 5) is 2.47. The molecule has 15 heavy (non-hydrogen) atoms. The van der Waals surface area contributed by atoms with Crippen LogP contribution >= 0.6 is 0 Å². The molecule has 2 rings (SSSR count). The molecule has 1 aliphatic rings. The fourth-order valence-corrected chi connectivity index (χ4v) is 2.35. The van der Waals surface area contributed by atoms with Crippen LogP contribution in [-0.2, 0) is 0 Å². The maximum absolute atomic E-state index is 5.26. The number of benzene rings is 1. The van der Waals surface area contributed by atoms with Crippen molar-refractivity contribution in [2.24, 2.45) is 0 Å². The van der Waals surface area contributed by atoms with Crippen LogP contribution in [0.15, 0.2) is 18.2 Å². The van der Waals surface area contributed by atoms with E-state index >= 15 is 0 Å². The van der Waals surface area contributed by atoms with Gasteiger partial charge < -0.3 is 9.64 Å². The zero-order valence-electron chi connectivity index (χ0n) is 9.79. The zero-order chi connectivity index (χ0) is 10.8. The van der Waals surface area contributed by atoms with Crippen molar-refractivity contribution >= 4 is 5.69 Å². The van der Waals surface area contributed by atoms with Gasteiger partial charge in [0.2, 0.25) is 0 Å². The molecule has 0 aromatic heterocycles. The summed E-state index contributed by atoms with van der Waals surface area (Å²) in [5.74, 6) is 1.60. The Morgan fingerprint density at radius 2 is 2.27 bits per heavy atom. The van der Waals surface area contributed by atoms with Crippen LogP contribution in [0.1, 0.15) is 31.7 Å². The predicted molar refractivity (Wildman–Crippen MR) is 63.9 cm³/mol. The van der Waals surface area contributed by atoms with E-state index in [1.165, 1.54) is 17.7 Å². The van der Waals surface area contributed by atoms with Crippen LogP contribution in [-0.4, -0.2) is 20.2 Å². The van der Waals surface area contributed by atoms with E-state index in [0.717, 1.165) is 18.8 Å². The first-order valence-corrected chi connectivity index (χ1v) is 5.69. The van der Waals surface area contributed by atoms with E-state index in [1.807, 2.05) is 0 Å². The quantitative estimate of drug-likeness (QED) is 0.752. The van der Waals surface area contributed by atoms with Gasteiger partial charge in [-0.2, -0.15) is 0 Å². The minimum absolute atomic E-state index is 0.627. The highest BCUT2D eigenvalue weighted by Gasteiger charge is 2.24. The summed E-state index contributed by atoms with van der Waals surface area (Å²) in [7, 11) is 1.73. The topological polar surface area (TPSA) is 12.5 Å². The zero-order valence-corrected chi connectivity index (χ0v) is 9.79.